The predicted molar refractivity (Wildman–Crippen MR) is 78.6 cm³/mol. The molecule has 3 heteroatoms. The van der Waals surface area contributed by atoms with Crippen LogP contribution < -0.4 is 11.1 Å². The van der Waals surface area contributed by atoms with E-state index in [1.807, 2.05) is 0 Å². The highest BCUT2D eigenvalue weighted by molar-refractivity contribution is 5.79. The number of hydrogen-bond acceptors (Lipinski definition) is 2. The van der Waals surface area contributed by atoms with Crippen LogP contribution in [0.4, 0.5) is 0 Å². The SMILES string of the molecule is CCC1CCC(NC(=O)C2CCC(CN)CC2)C1C. The maximum atomic E-state index is 12.3. The van der Waals surface area contributed by atoms with E-state index < -0.39 is 0 Å². The second kappa shape index (κ2) is 6.74. The van der Waals surface area contributed by atoms with E-state index in [2.05, 4.69) is 19.2 Å². The lowest BCUT2D eigenvalue weighted by Gasteiger charge is -2.29. The molecule has 2 aliphatic rings. The molecule has 3 atom stereocenters. The summed E-state index contributed by atoms with van der Waals surface area (Å²) >= 11 is 0. The van der Waals surface area contributed by atoms with E-state index in [1.165, 1.54) is 19.3 Å². The molecule has 0 radical (unpaired) electrons. The van der Waals surface area contributed by atoms with Crippen molar-refractivity contribution in [1.29, 1.82) is 0 Å². The van der Waals surface area contributed by atoms with Crippen LogP contribution in [0.3, 0.4) is 0 Å². The Bertz CT molecular complexity index is 297. The number of hydrogen-bond donors (Lipinski definition) is 2. The van der Waals surface area contributed by atoms with Gasteiger partial charge in [0.2, 0.25) is 5.91 Å². The molecule has 110 valence electrons. The average molecular weight is 266 g/mol. The summed E-state index contributed by atoms with van der Waals surface area (Å²) in [5, 5.41) is 3.33. The van der Waals surface area contributed by atoms with Crippen molar-refractivity contribution in [2.75, 3.05) is 6.54 Å². The van der Waals surface area contributed by atoms with Crippen molar-refractivity contribution in [1.82, 2.24) is 5.32 Å². The second-order valence-electron chi connectivity index (χ2n) is 6.67. The Balaban J connectivity index is 1.79. The zero-order valence-electron chi connectivity index (χ0n) is 12.5. The van der Waals surface area contributed by atoms with Crippen LogP contribution in [0.25, 0.3) is 0 Å². The molecule has 0 spiro atoms. The molecule has 2 rings (SSSR count). The topological polar surface area (TPSA) is 55.1 Å². The van der Waals surface area contributed by atoms with Crippen molar-refractivity contribution >= 4 is 5.91 Å². The minimum atomic E-state index is 0.246. The average Bonchev–Trinajstić information content (AvgIpc) is 2.79. The molecule has 0 aromatic rings. The van der Waals surface area contributed by atoms with Gasteiger partial charge in [0.05, 0.1) is 0 Å². The Hall–Kier alpha value is -0.570. The number of carbonyl (C=O) groups excluding carboxylic acids is 1. The maximum absolute atomic E-state index is 12.3. The fourth-order valence-electron chi connectivity index (χ4n) is 3.99. The van der Waals surface area contributed by atoms with Crippen LogP contribution in [0.1, 0.15) is 58.8 Å². The second-order valence-corrected chi connectivity index (χ2v) is 6.67. The molecule has 3 N–H and O–H groups in total. The Kier molecular flexibility index (Phi) is 5.26. The molecular weight excluding hydrogens is 236 g/mol. The lowest BCUT2D eigenvalue weighted by Crippen LogP contribution is -2.42. The first-order valence-electron chi connectivity index (χ1n) is 8.16. The first kappa shape index (κ1) is 14.8. The largest absolute Gasteiger partial charge is 0.353 e. The summed E-state index contributed by atoms with van der Waals surface area (Å²) in [6.45, 7) is 5.35. The molecule has 0 aromatic heterocycles. The fraction of sp³-hybridized carbons (Fsp3) is 0.938. The van der Waals surface area contributed by atoms with Gasteiger partial charge in [-0.15, -0.1) is 0 Å². The van der Waals surface area contributed by atoms with E-state index in [0.29, 0.717) is 23.8 Å². The summed E-state index contributed by atoms with van der Waals surface area (Å²) in [4.78, 5) is 12.3. The molecule has 0 heterocycles. The van der Waals surface area contributed by atoms with Gasteiger partial charge < -0.3 is 11.1 Å². The van der Waals surface area contributed by atoms with Gasteiger partial charge in [-0.05, 0) is 62.8 Å². The third kappa shape index (κ3) is 3.50. The summed E-state index contributed by atoms with van der Waals surface area (Å²) in [5.41, 5.74) is 5.71. The molecule has 19 heavy (non-hydrogen) atoms. The van der Waals surface area contributed by atoms with Gasteiger partial charge in [-0.25, -0.2) is 0 Å². The van der Waals surface area contributed by atoms with Gasteiger partial charge in [-0.2, -0.15) is 0 Å². The zero-order valence-corrected chi connectivity index (χ0v) is 12.5. The smallest absolute Gasteiger partial charge is 0.223 e. The minimum Gasteiger partial charge on any atom is -0.353 e. The normalized spacial score (nSPS) is 39.2. The molecule has 0 aromatic carbocycles. The molecule has 1 amide bonds. The molecule has 3 unspecified atom stereocenters. The number of nitrogens with two attached hydrogens (primary N) is 1. The van der Waals surface area contributed by atoms with E-state index in [9.17, 15) is 4.79 Å². The zero-order chi connectivity index (χ0) is 13.8. The lowest BCUT2D eigenvalue weighted by molar-refractivity contribution is -0.127. The van der Waals surface area contributed by atoms with Gasteiger partial charge in [0, 0.05) is 12.0 Å². The van der Waals surface area contributed by atoms with Gasteiger partial charge in [-0.1, -0.05) is 20.3 Å². The van der Waals surface area contributed by atoms with Crippen LogP contribution in [0.5, 0.6) is 0 Å². The fourth-order valence-corrected chi connectivity index (χ4v) is 3.99. The van der Waals surface area contributed by atoms with Crippen molar-refractivity contribution in [3.63, 3.8) is 0 Å². The third-order valence-corrected chi connectivity index (χ3v) is 5.63. The summed E-state index contributed by atoms with van der Waals surface area (Å²) in [6.07, 6.45) is 8.03. The number of amides is 1. The van der Waals surface area contributed by atoms with Gasteiger partial charge in [-0.3, -0.25) is 4.79 Å². The van der Waals surface area contributed by atoms with Crippen molar-refractivity contribution < 1.29 is 4.79 Å². The lowest BCUT2D eigenvalue weighted by atomic mass is 9.81. The van der Waals surface area contributed by atoms with E-state index in [1.54, 1.807) is 0 Å². The highest BCUT2D eigenvalue weighted by Gasteiger charge is 2.34. The van der Waals surface area contributed by atoms with Crippen LogP contribution in [0.15, 0.2) is 0 Å². The Morgan fingerprint density at radius 2 is 1.84 bits per heavy atom. The summed E-state index contributed by atoms with van der Waals surface area (Å²) < 4.78 is 0. The van der Waals surface area contributed by atoms with E-state index in [4.69, 9.17) is 5.73 Å². The maximum Gasteiger partial charge on any atom is 0.223 e. The number of rotatable bonds is 4. The Labute approximate surface area is 117 Å². The van der Waals surface area contributed by atoms with E-state index in [-0.39, 0.29) is 5.92 Å². The van der Waals surface area contributed by atoms with Crippen molar-refractivity contribution in [2.45, 2.75) is 64.8 Å². The van der Waals surface area contributed by atoms with Crippen LogP contribution >= 0.6 is 0 Å². The molecule has 2 fully saturated rings. The molecule has 0 bridgehead atoms. The molecule has 3 nitrogen and oxygen atoms in total. The molecule has 2 saturated carbocycles. The number of nitrogens with one attached hydrogen (secondary N) is 1. The Morgan fingerprint density at radius 1 is 1.16 bits per heavy atom. The van der Waals surface area contributed by atoms with Gasteiger partial charge in [0.1, 0.15) is 0 Å². The van der Waals surface area contributed by atoms with Crippen molar-refractivity contribution in [3.8, 4) is 0 Å². The molecular formula is C16H30N2O. The highest BCUT2D eigenvalue weighted by Crippen LogP contribution is 2.35. The van der Waals surface area contributed by atoms with Gasteiger partial charge in [0.25, 0.3) is 0 Å². The van der Waals surface area contributed by atoms with E-state index >= 15 is 0 Å². The first-order valence-corrected chi connectivity index (χ1v) is 8.16. The van der Waals surface area contributed by atoms with E-state index in [0.717, 1.165) is 38.1 Å². The monoisotopic (exact) mass is 266 g/mol. The van der Waals surface area contributed by atoms with Crippen molar-refractivity contribution in [2.24, 2.45) is 29.4 Å². The molecule has 0 aliphatic heterocycles. The van der Waals surface area contributed by atoms with Crippen LogP contribution in [0, 0.1) is 23.7 Å². The third-order valence-electron chi connectivity index (χ3n) is 5.63. The first-order chi connectivity index (χ1) is 9.15. The van der Waals surface area contributed by atoms with Gasteiger partial charge >= 0.3 is 0 Å². The summed E-state index contributed by atoms with van der Waals surface area (Å²) in [5.74, 6) is 2.66. The van der Waals surface area contributed by atoms with Crippen LogP contribution in [0.2, 0.25) is 0 Å². The van der Waals surface area contributed by atoms with Crippen LogP contribution in [-0.4, -0.2) is 18.5 Å². The summed E-state index contributed by atoms with van der Waals surface area (Å²) in [7, 11) is 0. The highest BCUT2D eigenvalue weighted by atomic mass is 16.1. The predicted octanol–water partition coefficient (Wildman–Crippen LogP) is 2.69. The minimum absolute atomic E-state index is 0.246. The van der Waals surface area contributed by atoms with Crippen molar-refractivity contribution in [3.05, 3.63) is 0 Å². The van der Waals surface area contributed by atoms with Gasteiger partial charge in [0.15, 0.2) is 0 Å². The van der Waals surface area contributed by atoms with Crippen LogP contribution in [-0.2, 0) is 4.79 Å². The molecule has 2 aliphatic carbocycles. The molecule has 0 saturated heterocycles. The standard InChI is InChI=1S/C16H30N2O/c1-3-13-8-9-15(11(13)2)18-16(19)14-6-4-12(10-17)5-7-14/h11-15H,3-10,17H2,1-2H3,(H,18,19). The Morgan fingerprint density at radius 3 is 2.37 bits per heavy atom. The quantitative estimate of drug-likeness (QED) is 0.822. The summed E-state index contributed by atoms with van der Waals surface area (Å²) in [6, 6.07) is 0.421. The number of carbonyl (C=O) groups is 1.